The van der Waals surface area contributed by atoms with Gasteiger partial charge in [-0.2, -0.15) is 0 Å². The summed E-state index contributed by atoms with van der Waals surface area (Å²) < 4.78 is 12.6. The number of hydrogen-bond acceptors (Lipinski definition) is 6. The number of methoxy groups -OCH3 is 1. The molecular formula is C24H21ClN2O4S. The highest BCUT2D eigenvalue weighted by Gasteiger charge is 2.33. The highest BCUT2D eigenvalue weighted by molar-refractivity contribution is 7.07. The lowest BCUT2D eigenvalue weighted by atomic mass is 9.96. The summed E-state index contributed by atoms with van der Waals surface area (Å²) in [4.78, 5) is 31.4. The van der Waals surface area contributed by atoms with E-state index in [1.165, 1.54) is 11.3 Å². The van der Waals surface area contributed by atoms with E-state index in [0.717, 1.165) is 16.9 Å². The van der Waals surface area contributed by atoms with Crippen molar-refractivity contribution in [2.24, 2.45) is 4.99 Å². The Balaban J connectivity index is 1.92. The van der Waals surface area contributed by atoms with E-state index < -0.39 is 12.0 Å². The highest BCUT2D eigenvalue weighted by Crippen LogP contribution is 2.31. The first kappa shape index (κ1) is 22.0. The zero-order chi connectivity index (χ0) is 22.8. The molecule has 164 valence electrons. The smallest absolute Gasteiger partial charge is 0.338 e. The number of aromatic nitrogens is 1. The standard InChI is InChI=1S/C24H21ClN2O4S/c1-4-31-23(29)20-14(2)26-24-27(21(20)16-7-9-17(25)10-8-16)22(28)19(32-24)13-15-5-11-18(30-3)12-6-15/h5-13,21H,4H2,1-3H3/b19-13-. The molecule has 3 aromatic rings. The Morgan fingerprint density at radius 2 is 1.88 bits per heavy atom. The topological polar surface area (TPSA) is 69.9 Å². The third kappa shape index (κ3) is 4.13. The van der Waals surface area contributed by atoms with Crippen LogP contribution in [0.4, 0.5) is 0 Å². The van der Waals surface area contributed by atoms with Gasteiger partial charge in [0.1, 0.15) is 5.75 Å². The van der Waals surface area contributed by atoms with Crippen LogP contribution in [0.5, 0.6) is 5.75 Å². The van der Waals surface area contributed by atoms with Crippen molar-refractivity contribution in [3.05, 3.63) is 95.6 Å². The molecule has 1 aliphatic heterocycles. The summed E-state index contributed by atoms with van der Waals surface area (Å²) >= 11 is 7.36. The molecular weight excluding hydrogens is 448 g/mol. The number of halogens is 1. The van der Waals surface area contributed by atoms with E-state index in [1.807, 2.05) is 42.5 Å². The lowest BCUT2D eigenvalue weighted by Gasteiger charge is -2.24. The largest absolute Gasteiger partial charge is 0.497 e. The lowest BCUT2D eigenvalue weighted by Crippen LogP contribution is -2.39. The van der Waals surface area contributed by atoms with Gasteiger partial charge in [-0.05, 0) is 55.3 Å². The van der Waals surface area contributed by atoms with Crippen molar-refractivity contribution in [1.82, 2.24) is 4.57 Å². The molecule has 1 atom stereocenters. The molecule has 6 nitrogen and oxygen atoms in total. The summed E-state index contributed by atoms with van der Waals surface area (Å²) in [5, 5.41) is 0.569. The molecule has 1 aromatic heterocycles. The molecule has 1 aliphatic rings. The molecule has 0 saturated carbocycles. The van der Waals surface area contributed by atoms with Gasteiger partial charge in [0.05, 0.1) is 35.6 Å². The maximum absolute atomic E-state index is 13.5. The van der Waals surface area contributed by atoms with Gasteiger partial charge in [0.15, 0.2) is 4.80 Å². The van der Waals surface area contributed by atoms with Gasteiger partial charge in [-0.25, -0.2) is 9.79 Å². The second-order valence-corrected chi connectivity index (χ2v) is 8.57. The van der Waals surface area contributed by atoms with E-state index >= 15 is 0 Å². The van der Waals surface area contributed by atoms with Crippen molar-refractivity contribution in [1.29, 1.82) is 0 Å². The van der Waals surface area contributed by atoms with Crippen LogP contribution in [-0.4, -0.2) is 24.3 Å². The third-order valence-electron chi connectivity index (χ3n) is 5.12. The molecule has 2 aromatic carbocycles. The van der Waals surface area contributed by atoms with Crippen LogP contribution in [0.1, 0.15) is 31.0 Å². The maximum Gasteiger partial charge on any atom is 0.338 e. The van der Waals surface area contributed by atoms with Gasteiger partial charge in [0, 0.05) is 5.02 Å². The number of carbonyl (C=O) groups excluding carboxylic acids is 1. The zero-order valence-corrected chi connectivity index (χ0v) is 19.4. The fourth-order valence-electron chi connectivity index (χ4n) is 3.60. The number of allylic oxidation sites excluding steroid dienone is 1. The molecule has 0 fully saturated rings. The summed E-state index contributed by atoms with van der Waals surface area (Å²) in [7, 11) is 1.60. The number of rotatable bonds is 5. The molecule has 0 saturated heterocycles. The van der Waals surface area contributed by atoms with E-state index in [2.05, 4.69) is 4.99 Å². The Hall–Kier alpha value is -3.16. The molecule has 0 spiro atoms. The zero-order valence-electron chi connectivity index (χ0n) is 17.8. The number of hydrogen-bond donors (Lipinski definition) is 0. The van der Waals surface area contributed by atoms with E-state index in [1.54, 1.807) is 37.7 Å². The predicted octanol–water partition coefficient (Wildman–Crippen LogP) is 3.46. The van der Waals surface area contributed by atoms with Crippen LogP contribution in [0, 0.1) is 0 Å². The molecule has 32 heavy (non-hydrogen) atoms. The van der Waals surface area contributed by atoms with Crippen molar-refractivity contribution >= 4 is 35.0 Å². The number of thiazole rings is 1. The van der Waals surface area contributed by atoms with Crippen molar-refractivity contribution in [2.75, 3.05) is 13.7 Å². The first-order valence-electron chi connectivity index (χ1n) is 10.0. The molecule has 0 amide bonds. The number of benzene rings is 2. The minimum Gasteiger partial charge on any atom is -0.497 e. The fourth-order valence-corrected chi connectivity index (χ4v) is 4.78. The normalized spacial score (nSPS) is 15.9. The number of carbonyl (C=O) groups is 1. The van der Waals surface area contributed by atoms with Crippen LogP contribution in [0.25, 0.3) is 6.08 Å². The fraction of sp³-hybridized carbons (Fsp3) is 0.208. The van der Waals surface area contributed by atoms with Gasteiger partial charge in [-0.1, -0.05) is 47.2 Å². The molecule has 8 heteroatoms. The van der Waals surface area contributed by atoms with Gasteiger partial charge in [-0.15, -0.1) is 0 Å². The minimum atomic E-state index is -0.652. The molecule has 4 rings (SSSR count). The molecule has 0 radical (unpaired) electrons. The maximum atomic E-state index is 13.5. The van der Waals surface area contributed by atoms with Crippen LogP contribution in [0.15, 0.2) is 69.6 Å². The highest BCUT2D eigenvalue weighted by atomic mass is 35.5. The summed E-state index contributed by atoms with van der Waals surface area (Å²) in [5.41, 5.74) is 2.27. The molecule has 2 heterocycles. The van der Waals surface area contributed by atoms with Gasteiger partial charge >= 0.3 is 5.97 Å². The summed E-state index contributed by atoms with van der Waals surface area (Å²) in [6, 6.07) is 13.9. The van der Waals surface area contributed by atoms with Crippen molar-refractivity contribution in [3.63, 3.8) is 0 Å². The second-order valence-electron chi connectivity index (χ2n) is 7.13. The van der Waals surface area contributed by atoms with Crippen molar-refractivity contribution in [2.45, 2.75) is 19.9 Å². The second kappa shape index (κ2) is 9.14. The Bertz CT molecular complexity index is 1370. The van der Waals surface area contributed by atoms with Gasteiger partial charge in [0.2, 0.25) is 0 Å². The number of ether oxygens (including phenoxy) is 2. The van der Waals surface area contributed by atoms with E-state index in [0.29, 0.717) is 25.6 Å². The monoisotopic (exact) mass is 468 g/mol. The average Bonchev–Trinajstić information content (AvgIpc) is 3.08. The van der Waals surface area contributed by atoms with Crippen LogP contribution >= 0.6 is 22.9 Å². The Morgan fingerprint density at radius 3 is 2.50 bits per heavy atom. The molecule has 1 unspecified atom stereocenters. The average molecular weight is 469 g/mol. The van der Waals surface area contributed by atoms with Crippen LogP contribution in [-0.2, 0) is 9.53 Å². The van der Waals surface area contributed by atoms with Crippen molar-refractivity contribution in [3.8, 4) is 5.75 Å². The first-order valence-corrected chi connectivity index (χ1v) is 11.2. The Labute approximate surface area is 193 Å². The quantitative estimate of drug-likeness (QED) is 0.538. The van der Waals surface area contributed by atoms with Crippen LogP contribution in [0.3, 0.4) is 0 Å². The summed E-state index contributed by atoms with van der Waals surface area (Å²) in [6.07, 6.45) is 1.81. The van der Waals surface area contributed by atoms with Gasteiger partial charge < -0.3 is 9.47 Å². The lowest BCUT2D eigenvalue weighted by molar-refractivity contribution is -0.139. The van der Waals surface area contributed by atoms with E-state index in [-0.39, 0.29) is 12.2 Å². The SMILES string of the molecule is CCOC(=O)C1=C(C)N=c2s/c(=C\c3ccc(OC)cc3)c(=O)n2C1c1ccc(Cl)cc1. The summed E-state index contributed by atoms with van der Waals surface area (Å²) in [5.74, 6) is 0.249. The first-order chi connectivity index (χ1) is 15.4. The predicted molar refractivity (Wildman–Crippen MR) is 125 cm³/mol. The third-order valence-corrected chi connectivity index (χ3v) is 6.35. The van der Waals surface area contributed by atoms with E-state index in [4.69, 9.17) is 21.1 Å². The molecule has 0 N–H and O–H groups in total. The number of fused-ring (bicyclic) bond motifs is 1. The Morgan fingerprint density at radius 1 is 1.19 bits per heavy atom. The molecule has 0 aliphatic carbocycles. The van der Waals surface area contributed by atoms with Gasteiger partial charge in [-0.3, -0.25) is 9.36 Å². The van der Waals surface area contributed by atoms with Gasteiger partial charge in [0.25, 0.3) is 5.56 Å². The van der Waals surface area contributed by atoms with Crippen LogP contribution in [0.2, 0.25) is 5.02 Å². The van der Waals surface area contributed by atoms with Crippen LogP contribution < -0.4 is 19.6 Å². The number of esters is 1. The number of nitrogens with zero attached hydrogens (tertiary/aromatic N) is 2. The molecule has 0 bridgehead atoms. The van der Waals surface area contributed by atoms with E-state index in [9.17, 15) is 9.59 Å². The van der Waals surface area contributed by atoms with Crippen molar-refractivity contribution < 1.29 is 14.3 Å². The summed E-state index contributed by atoms with van der Waals surface area (Å²) in [6.45, 7) is 3.73. The Kier molecular flexibility index (Phi) is 6.30. The minimum absolute atomic E-state index is 0.223.